The number of anilines is 2. The Hall–Kier alpha value is -2.31. The third-order valence-corrected chi connectivity index (χ3v) is 4.80. The normalized spacial score (nSPS) is 15.5. The lowest BCUT2D eigenvalue weighted by Crippen LogP contribution is -2.33. The zero-order valence-corrected chi connectivity index (χ0v) is 15.5. The number of hydrogen-bond donors (Lipinski definition) is 2. The number of halogens is 1. The Morgan fingerprint density at radius 2 is 1.73 bits per heavy atom. The number of carbonyl (C=O) groups excluding carboxylic acids is 1. The van der Waals surface area contributed by atoms with Crippen LogP contribution in [-0.4, -0.2) is 35.9 Å². The van der Waals surface area contributed by atoms with E-state index in [1.807, 2.05) is 24.3 Å². The van der Waals surface area contributed by atoms with Crippen LogP contribution in [0.25, 0.3) is 0 Å². The molecule has 0 radical (unpaired) electrons. The minimum absolute atomic E-state index is 0.0886. The molecule has 1 fully saturated rings. The first-order valence-corrected chi connectivity index (χ1v) is 9.08. The highest BCUT2D eigenvalue weighted by atomic mass is 32.1. The Morgan fingerprint density at radius 3 is 2.42 bits per heavy atom. The molecule has 136 valence electrons. The molecule has 0 unspecified atom stereocenters. The third kappa shape index (κ3) is 4.86. The van der Waals surface area contributed by atoms with Gasteiger partial charge in [-0.1, -0.05) is 12.1 Å². The highest BCUT2D eigenvalue weighted by molar-refractivity contribution is 7.80. The molecular weight excluding hydrogens is 349 g/mol. The van der Waals surface area contributed by atoms with Gasteiger partial charge in [-0.2, -0.15) is 0 Å². The topological polar surface area (TPSA) is 44.4 Å². The second kappa shape index (κ2) is 8.38. The van der Waals surface area contributed by atoms with Crippen LogP contribution in [0.2, 0.25) is 0 Å². The average Bonchev–Trinajstić information content (AvgIpc) is 2.64. The van der Waals surface area contributed by atoms with E-state index in [4.69, 9.17) is 12.2 Å². The number of hydrogen-bond acceptors (Lipinski definition) is 3. The van der Waals surface area contributed by atoms with Gasteiger partial charge in [-0.25, -0.2) is 4.39 Å². The molecule has 0 bridgehead atoms. The van der Waals surface area contributed by atoms with Gasteiger partial charge in [-0.05, 0) is 81.6 Å². The van der Waals surface area contributed by atoms with Gasteiger partial charge >= 0.3 is 0 Å². The van der Waals surface area contributed by atoms with Crippen molar-refractivity contribution in [3.8, 4) is 0 Å². The first-order chi connectivity index (χ1) is 12.5. The summed E-state index contributed by atoms with van der Waals surface area (Å²) in [4.78, 5) is 15.0. The summed E-state index contributed by atoms with van der Waals surface area (Å²) < 4.78 is 13.0. The molecular formula is C20H22FN3OS. The molecule has 2 aromatic rings. The third-order valence-electron chi connectivity index (χ3n) is 4.60. The van der Waals surface area contributed by atoms with E-state index in [2.05, 4.69) is 22.6 Å². The number of nitrogens with one attached hydrogen (secondary N) is 2. The lowest BCUT2D eigenvalue weighted by Gasteiger charge is -2.28. The fourth-order valence-corrected chi connectivity index (χ4v) is 3.32. The monoisotopic (exact) mass is 371 g/mol. The SMILES string of the molecule is CN1CCC(C(=O)c2cccc(NC(=S)Nc3ccc(F)cc3)c2)CC1. The van der Waals surface area contributed by atoms with Crippen molar-refractivity contribution in [1.29, 1.82) is 0 Å². The summed E-state index contributed by atoms with van der Waals surface area (Å²) in [5.74, 6) is -0.0144. The Kier molecular flexibility index (Phi) is 5.96. The molecule has 0 aromatic heterocycles. The Labute approximate surface area is 158 Å². The minimum Gasteiger partial charge on any atom is -0.332 e. The van der Waals surface area contributed by atoms with Crippen molar-refractivity contribution in [3.05, 3.63) is 59.9 Å². The number of benzene rings is 2. The molecule has 1 aliphatic rings. The number of Topliss-reactive ketones (excluding diaryl/α,β-unsaturated/α-hetero) is 1. The second-order valence-corrected chi connectivity index (χ2v) is 7.02. The van der Waals surface area contributed by atoms with Gasteiger partial charge in [-0.3, -0.25) is 4.79 Å². The van der Waals surface area contributed by atoms with E-state index in [9.17, 15) is 9.18 Å². The maximum atomic E-state index is 13.0. The number of piperidine rings is 1. The molecule has 0 amide bonds. The number of nitrogens with zero attached hydrogens (tertiary/aromatic N) is 1. The average molecular weight is 371 g/mol. The van der Waals surface area contributed by atoms with Crippen LogP contribution in [0.4, 0.5) is 15.8 Å². The van der Waals surface area contributed by atoms with Crippen molar-refractivity contribution >= 4 is 34.5 Å². The van der Waals surface area contributed by atoms with Crippen molar-refractivity contribution in [2.24, 2.45) is 5.92 Å². The highest BCUT2D eigenvalue weighted by Crippen LogP contribution is 2.22. The molecule has 1 aliphatic heterocycles. The van der Waals surface area contributed by atoms with E-state index in [1.54, 1.807) is 12.1 Å². The standard InChI is InChI=1S/C20H22FN3OS/c1-24-11-9-14(10-12-24)19(25)15-3-2-4-18(13-15)23-20(26)22-17-7-5-16(21)6-8-17/h2-8,13-14H,9-12H2,1H3,(H2,22,23,26). The number of ketones is 1. The van der Waals surface area contributed by atoms with Gasteiger partial charge in [0.1, 0.15) is 5.82 Å². The van der Waals surface area contributed by atoms with E-state index < -0.39 is 0 Å². The Morgan fingerprint density at radius 1 is 1.08 bits per heavy atom. The molecule has 1 heterocycles. The molecule has 4 nitrogen and oxygen atoms in total. The molecule has 2 N–H and O–H groups in total. The van der Waals surface area contributed by atoms with Gasteiger partial charge in [0, 0.05) is 22.9 Å². The van der Waals surface area contributed by atoms with Gasteiger partial charge < -0.3 is 15.5 Å². The highest BCUT2D eigenvalue weighted by Gasteiger charge is 2.24. The van der Waals surface area contributed by atoms with Gasteiger partial charge in [0.05, 0.1) is 0 Å². The fourth-order valence-electron chi connectivity index (χ4n) is 3.08. The molecule has 0 spiro atoms. The molecule has 0 atom stereocenters. The summed E-state index contributed by atoms with van der Waals surface area (Å²) in [7, 11) is 2.08. The Balaban J connectivity index is 1.62. The molecule has 0 saturated carbocycles. The van der Waals surface area contributed by atoms with Crippen molar-refractivity contribution in [2.75, 3.05) is 30.8 Å². The van der Waals surface area contributed by atoms with Crippen LogP contribution in [0.15, 0.2) is 48.5 Å². The van der Waals surface area contributed by atoms with Gasteiger partial charge in [-0.15, -0.1) is 0 Å². The smallest absolute Gasteiger partial charge is 0.175 e. The summed E-state index contributed by atoms with van der Waals surface area (Å²) in [5, 5.41) is 6.46. The predicted octanol–water partition coefficient (Wildman–Crippen LogP) is 4.16. The summed E-state index contributed by atoms with van der Waals surface area (Å²) in [6.07, 6.45) is 1.80. The van der Waals surface area contributed by atoms with Crippen molar-refractivity contribution in [1.82, 2.24) is 4.90 Å². The van der Waals surface area contributed by atoms with E-state index >= 15 is 0 Å². The van der Waals surface area contributed by atoms with Gasteiger partial charge in [0.15, 0.2) is 10.9 Å². The number of rotatable bonds is 4. The van der Waals surface area contributed by atoms with Crippen LogP contribution in [0.3, 0.4) is 0 Å². The maximum Gasteiger partial charge on any atom is 0.175 e. The van der Waals surface area contributed by atoms with Crippen LogP contribution >= 0.6 is 12.2 Å². The van der Waals surface area contributed by atoms with E-state index in [0.717, 1.165) is 31.6 Å². The molecule has 2 aromatic carbocycles. The molecule has 26 heavy (non-hydrogen) atoms. The molecule has 6 heteroatoms. The second-order valence-electron chi connectivity index (χ2n) is 6.61. The van der Waals surface area contributed by atoms with Crippen molar-refractivity contribution < 1.29 is 9.18 Å². The fraction of sp³-hybridized carbons (Fsp3) is 0.300. The lowest BCUT2D eigenvalue weighted by atomic mass is 9.89. The van der Waals surface area contributed by atoms with Gasteiger partial charge in [0.25, 0.3) is 0 Å². The molecule has 3 rings (SSSR count). The maximum absolute atomic E-state index is 13.0. The van der Waals surface area contributed by atoms with Crippen LogP contribution < -0.4 is 10.6 Å². The summed E-state index contributed by atoms with van der Waals surface area (Å²) in [6.45, 7) is 1.92. The Bertz CT molecular complexity index is 786. The van der Waals surface area contributed by atoms with Crippen molar-refractivity contribution in [3.63, 3.8) is 0 Å². The zero-order valence-electron chi connectivity index (χ0n) is 14.7. The predicted molar refractivity (Wildman–Crippen MR) is 107 cm³/mol. The summed E-state index contributed by atoms with van der Waals surface area (Å²) >= 11 is 5.29. The van der Waals surface area contributed by atoms with Crippen molar-refractivity contribution in [2.45, 2.75) is 12.8 Å². The van der Waals surface area contributed by atoms with E-state index in [-0.39, 0.29) is 17.5 Å². The zero-order chi connectivity index (χ0) is 18.5. The molecule has 1 saturated heterocycles. The first-order valence-electron chi connectivity index (χ1n) is 8.67. The number of likely N-dealkylation sites (tertiary alicyclic amines) is 1. The van der Waals surface area contributed by atoms with Gasteiger partial charge in [0.2, 0.25) is 0 Å². The summed E-state index contributed by atoms with van der Waals surface area (Å²) in [5.41, 5.74) is 2.15. The summed E-state index contributed by atoms with van der Waals surface area (Å²) in [6, 6.07) is 13.4. The minimum atomic E-state index is -0.297. The number of thiocarbonyl (C=S) groups is 1. The van der Waals surface area contributed by atoms with E-state index in [0.29, 0.717) is 16.4 Å². The van der Waals surface area contributed by atoms with Crippen LogP contribution in [-0.2, 0) is 0 Å². The van der Waals surface area contributed by atoms with Crippen LogP contribution in [0, 0.1) is 11.7 Å². The molecule has 0 aliphatic carbocycles. The van der Waals surface area contributed by atoms with Crippen LogP contribution in [0.5, 0.6) is 0 Å². The lowest BCUT2D eigenvalue weighted by molar-refractivity contribution is 0.0857. The van der Waals surface area contributed by atoms with E-state index in [1.165, 1.54) is 12.1 Å². The first kappa shape index (κ1) is 18.5. The van der Waals surface area contributed by atoms with Crippen LogP contribution in [0.1, 0.15) is 23.2 Å². The largest absolute Gasteiger partial charge is 0.332 e. The quantitative estimate of drug-likeness (QED) is 0.624. The number of carbonyl (C=O) groups is 1.